The first-order valence-corrected chi connectivity index (χ1v) is 7.34. The minimum Gasteiger partial charge on any atom is -0.342 e. The molecule has 3 rings (SSSR count). The average Bonchev–Trinajstić information content (AvgIpc) is 2.80. The van der Waals surface area contributed by atoms with Crippen LogP contribution >= 0.6 is 0 Å². The van der Waals surface area contributed by atoms with E-state index in [9.17, 15) is 4.79 Å². The maximum Gasteiger partial charge on any atom is 0.176 e. The summed E-state index contributed by atoms with van der Waals surface area (Å²) in [5.74, 6) is 1.88. The first-order valence-electron chi connectivity index (χ1n) is 7.34. The lowest BCUT2D eigenvalue weighted by Gasteiger charge is -2.29. The fourth-order valence-electron chi connectivity index (χ4n) is 2.83. The van der Waals surface area contributed by atoms with Crippen molar-refractivity contribution < 1.29 is 4.79 Å². The highest BCUT2D eigenvalue weighted by Crippen LogP contribution is 2.18. The number of likely N-dealkylation sites (tertiary alicyclic amines) is 1. The Balaban J connectivity index is 1.71. The number of hydrogen-bond donors (Lipinski definition) is 1. The topological polar surface area (TPSA) is 49.0 Å². The quantitative estimate of drug-likeness (QED) is 0.873. The predicted molar refractivity (Wildman–Crippen MR) is 80.0 cm³/mol. The van der Waals surface area contributed by atoms with E-state index in [1.165, 1.54) is 12.8 Å². The minimum absolute atomic E-state index is 0.203. The number of hydrogen-bond acceptors (Lipinski definition) is 3. The summed E-state index contributed by atoms with van der Waals surface area (Å²) in [6.07, 6.45) is 2.40. The number of aromatic amines is 1. The van der Waals surface area contributed by atoms with Gasteiger partial charge < -0.3 is 4.98 Å². The molecular weight excluding hydrogens is 250 g/mol. The molecule has 1 aliphatic heterocycles. The van der Waals surface area contributed by atoms with Gasteiger partial charge in [-0.25, -0.2) is 4.98 Å². The number of aromatic nitrogens is 2. The van der Waals surface area contributed by atoms with Crippen molar-refractivity contribution in [2.45, 2.75) is 26.7 Å². The summed E-state index contributed by atoms with van der Waals surface area (Å²) in [7, 11) is 0. The van der Waals surface area contributed by atoms with Crippen molar-refractivity contribution in [2.24, 2.45) is 5.92 Å². The van der Waals surface area contributed by atoms with Gasteiger partial charge in [0.2, 0.25) is 0 Å². The van der Waals surface area contributed by atoms with E-state index in [1.807, 2.05) is 25.1 Å². The van der Waals surface area contributed by atoms with E-state index in [0.29, 0.717) is 6.54 Å². The SMILES string of the molecule is Cc1nc2ccc(C(=O)CN3CCC(C)CC3)cc2[nH]1. The molecule has 2 heterocycles. The second-order valence-corrected chi connectivity index (χ2v) is 5.94. The molecule has 0 atom stereocenters. The van der Waals surface area contributed by atoms with Crippen molar-refractivity contribution in [1.29, 1.82) is 0 Å². The van der Waals surface area contributed by atoms with Crippen molar-refractivity contribution in [3.63, 3.8) is 0 Å². The van der Waals surface area contributed by atoms with Gasteiger partial charge in [-0.3, -0.25) is 9.69 Å². The van der Waals surface area contributed by atoms with Gasteiger partial charge in [0.25, 0.3) is 0 Å². The van der Waals surface area contributed by atoms with Crippen molar-refractivity contribution >= 4 is 16.8 Å². The fourth-order valence-corrected chi connectivity index (χ4v) is 2.83. The van der Waals surface area contributed by atoms with Gasteiger partial charge in [-0.2, -0.15) is 0 Å². The molecule has 1 fully saturated rings. The van der Waals surface area contributed by atoms with Gasteiger partial charge in [0.05, 0.1) is 17.6 Å². The number of fused-ring (bicyclic) bond motifs is 1. The third kappa shape index (κ3) is 2.75. The Labute approximate surface area is 119 Å². The summed E-state index contributed by atoms with van der Waals surface area (Å²) in [6.45, 7) is 6.83. The molecule has 1 aromatic carbocycles. The number of aryl methyl sites for hydroxylation is 1. The van der Waals surface area contributed by atoms with E-state index >= 15 is 0 Å². The fraction of sp³-hybridized carbons (Fsp3) is 0.500. The molecule has 1 aromatic heterocycles. The van der Waals surface area contributed by atoms with Crippen molar-refractivity contribution in [3.05, 3.63) is 29.6 Å². The molecule has 0 amide bonds. The number of nitrogens with zero attached hydrogens (tertiary/aromatic N) is 2. The number of nitrogens with one attached hydrogen (secondary N) is 1. The number of piperidine rings is 1. The molecule has 4 nitrogen and oxygen atoms in total. The minimum atomic E-state index is 0.203. The Morgan fingerprint density at radius 3 is 2.90 bits per heavy atom. The van der Waals surface area contributed by atoms with E-state index in [4.69, 9.17) is 0 Å². The van der Waals surface area contributed by atoms with E-state index < -0.39 is 0 Å². The number of benzene rings is 1. The van der Waals surface area contributed by atoms with Crippen LogP contribution in [-0.4, -0.2) is 40.3 Å². The number of H-pyrrole nitrogens is 1. The van der Waals surface area contributed by atoms with Gasteiger partial charge >= 0.3 is 0 Å². The smallest absolute Gasteiger partial charge is 0.176 e. The Morgan fingerprint density at radius 2 is 2.15 bits per heavy atom. The van der Waals surface area contributed by atoms with Crippen LogP contribution in [0.1, 0.15) is 35.9 Å². The zero-order chi connectivity index (χ0) is 14.1. The summed E-state index contributed by atoms with van der Waals surface area (Å²) >= 11 is 0. The Hall–Kier alpha value is -1.68. The monoisotopic (exact) mass is 271 g/mol. The Morgan fingerprint density at radius 1 is 1.40 bits per heavy atom. The molecule has 2 aromatic rings. The molecular formula is C16H21N3O. The van der Waals surface area contributed by atoms with Gasteiger partial charge in [-0.1, -0.05) is 6.92 Å². The second-order valence-electron chi connectivity index (χ2n) is 5.94. The van der Waals surface area contributed by atoms with E-state index in [1.54, 1.807) is 0 Å². The summed E-state index contributed by atoms with van der Waals surface area (Å²) in [5, 5.41) is 0. The predicted octanol–water partition coefficient (Wildman–Crippen LogP) is 2.79. The molecule has 0 unspecified atom stereocenters. The second kappa shape index (κ2) is 5.37. The summed E-state index contributed by atoms with van der Waals surface area (Å²) in [5.41, 5.74) is 2.64. The maximum atomic E-state index is 12.4. The van der Waals surface area contributed by atoms with Crippen LogP contribution in [0.2, 0.25) is 0 Å². The normalized spacial score (nSPS) is 17.7. The number of rotatable bonds is 3. The summed E-state index contributed by atoms with van der Waals surface area (Å²) < 4.78 is 0. The van der Waals surface area contributed by atoms with Crippen LogP contribution in [0.5, 0.6) is 0 Å². The van der Waals surface area contributed by atoms with Crippen LogP contribution in [0.25, 0.3) is 11.0 Å². The molecule has 106 valence electrons. The molecule has 0 radical (unpaired) electrons. The molecule has 4 heteroatoms. The molecule has 0 bridgehead atoms. The molecule has 1 aliphatic rings. The van der Waals surface area contributed by atoms with Crippen molar-refractivity contribution in [1.82, 2.24) is 14.9 Å². The summed E-state index contributed by atoms with van der Waals surface area (Å²) in [6, 6.07) is 5.73. The average molecular weight is 271 g/mol. The Kier molecular flexibility index (Phi) is 3.57. The highest BCUT2D eigenvalue weighted by atomic mass is 16.1. The third-order valence-corrected chi connectivity index (χ3v) is 4.17. The standard InChI is InChI=1S/C16H21N3O/c1-11-5-7-19(8-6-11)10-16(20)13-3-4-14-15(9-13)18-12(2)17-14/h3-4,9,11H,5-8,10H2,1-2H3,(H,17,18). The molecule has 0 aliphatic carbocycles. The molecule has 0 saturated carbocycles. The van der Waals surface area contributed by atoms with Gasteiger partial charge in [0.1, 0.15) is 5.82 Å². The number of Topliss-reactive ketones (excluding diaryl/α,β-unsaturated/α-hetero) is 1. The van der Waals surface area contributed by atoms with Crippen molar-refractivity contribution in [2.75, 3.05) is 19.6 Å². The van der Waals surface area contributed by atoms with Gasteiger partial charge in [0, 0.05) is 5.56 Å². The third-order valence-electron chi connectivity index (χ3n) is 4.17. The highest BCUT2D eigenvalue weighted by Gasteiger charge is 2.18. The van der Waals surface area contributed by atoms with Crippen LogP contribution in [0, 0.1) is 12.8 Å². The molecule has 1 N–H and O–H groups in total. The zero-order valence-electron chi connectivity index (χ0n) is 12.1. The molecule has 0 spiro atoms. The number of imidazole rings is 1. The largest absolute Gasteiger partial charge is 0.342 e. The number of carbonyl (C=O) groups excluding carboxylic acids is 1. The van der Waals surface area contributed by atoms with Crippen LogP contribution in [0.15, 0.2) is 18.2 Å². The van der Waals surface area contributed by atoms with E-state index in [0.717, 1.165) is 41.4 Å². The van der Waals surface area contributed by atoms with E-state index in [-0.39, 0.29) is 5.78 Å². The van der Waals surface area contributed by atoms with Crippen molar-refractivity contribution in [3.8, 4) is 0 Å². The van der Waals surface area contributed by atoms with Crippen LogP contribution in [0.3, 0.4) is 0 Å². The van der Waals surface area contributed by atoms with Crippen LogP contribution < -0.4 is 0 Å². The zero-order valence-corrected chi connectivity index (χ0v) is 12.1. The lowest BCUT2D eigenvalue weighted by Crippen LogP contribution is -2.36. The Bertz CT molecular complexity index is 624. The van der Waals surface area contributed by atoms with Gasteiger partial charge in [0.15, 0.2) is 5.78 Å². The van der Waals surface area contributed by atoms with Gasteiger partial charge in [-0.15, -0.1) is 0 Å². The highest BCUT2D eigenvalue weighted by molar-refractivity contribution is 6.00. The first kappa shape index (κ1) is 13.3. The maximum absolute atomic E-state index is 12.4. The van der Waals surface area contributed by atoms with E-state index in [2.05, 4.69) is 21.8 Å². The molecule has 20 heavy (non-hydrogen) atoms. The lowest BCUT2D eigenvalue weighted by molar-refractivity contribution is 0.0900. The lowest BCUT2D eigenvalue weighted by atomic mass is 9.98. The first-order chi connectivity index (χ1) is 9.61. The molecule has 1 saturated heterocycles. The number of ketones is 1. The number of carbonyl (C=O) groups is 1. The van der Waals surface area contributed by atoms with Gasteiger partial charge in [-0.05, 0) is 57.0 Å². The van der Waals surface area contributed by atoms with Crippen LogP contribution in [-0.2, 0) is 0 Å². The van der Waals surface area contributed by atoms with Crippen LogP contribution in [0.4, 0.5) is 0 Å². The summed E-state index contributed by atoms with van der Waals surface area (Å²) in [4.78, 5) is 22.2.